The summed E-state index contributed by atoms with van der Waals surface area (Å²) < 4.78 is 11.9. The molecular formula is C22H31ClN2O2. The van der Waals surface area contributed by atoms with E-state index in [2.05, 4.69) is 30.7 Å². The molecule has 1 unspecified atom stereocenters. The molecule has 1 aromatic carbocycles. The molecule has 0 aliphatic rings. The second-order valence-electron chi connectivity index (χ2n) is 6.78. The van der Waals surface area contributed by atoms with Gasteiger partial charge >= 0.3 is 0 Å². The number of para-hydroxylation sites is 1. The van der Waals surface area contributed by atoms with Gasteiger partial charge in [-0.2, -0.15) is 4.98 Å². The van der Waals surface area contributed by atoms with Crippen molar-refractivity contribution in [2.45, 2.75) is 59.3 Å². The summed E-state index contributed by atoms with van der Waals surface area (Å²) in [5.41, 5.74) is 0.832. The number of nitrogens with zero attached hydrogens (tertiary/aromatic N) is 2. The zero-order chi connectivity index (χ0) is 19.5. The van der Waals surface area contributed by atoms with Gasteiger partial charge in [-0.1, -0.05) is 70.2 Å². The summed E-state index contributed by atoms with van der Waals surface area (Å²) in [7, 11) is 0. The zero-order valence-corrected chi connectivity index (χ0v) is 17.5. The van der Waals surface area contributed by atoms with Crippen LogP contribution < -0.4 is 9.47 Å². The molecule has 27 heavy (non-hydrogen) atoms. The fourth-order valence-corrected chi connectivity index (χ4v) is 2.97. The molecule has 1 heterocycles. The Morgan fingerprint density at radius 3 is 2.52 bits per heavy atom. The van der Waals surface area contributed by atoms with E-state index in [1.54, 1.807) is 6.07 Å². The monoisotopic (exact) mass is 390 g/mol. The Bertz CT molecular complexity index is 694. The molecule has 2 rings (SSSR count). The third-order valence-corrected chi connectivity index (χ3v) is 4.76. The summed E-state index contributed by atoms with van der Waals surface area (Å²) in [5, 5.41) is 0.375. The van der Waals surface area contributed by atoms with Gasteiger partial charge in [0.25, 0.3) is 0 Å². The number of hydrogen-bond acceptors (Lipinski definition) is 4. The summed E-state index contributed by atoms with van der Waals surface area (Å²) >= 11 is 6.24. The highest BCUT2D eigenvalue weighted by Gasteiger charge is 2.13. The molecule has 0 saturated heterocycles. The zero-order valence-electron chi connectivity index (χ0n) is 16.7. The first-order chi connectivity index (χ1) is 13.2. The van der Waals surface area contributed by atoms with Gasteiger partial charge in [0.15, 0.2) is 5.82 Å². The Morgan fingerprint density at radius 1 is 1.00 bits per heavy atom. The van der Waals surface area contributed by atoms with Gasteiger partial charge in [-0.3, -0.25) is 0 Å². The lowest BCUT2D eigenvalue weighted by Gasteiger charge is -2.16. The number of halogens is 1. The number of benzene rings is 1. The minimum atomic E-state index is 0.375. The van der Waals surface area contributed by atoms with Crippen LogP contribution in [0.2, 0.25) is 5.15 Å². The number of unbranched alkanes of at least 4 members (excludes halogenated alkanes) is 2. The molecule has 0 aliphatic heterocycles. The molecular weight excluding hydrogens is 360 g/mol. The van der Waals surface area contributed by atoms with Gasteiger partial charge in [-0.05, 0) is 30.9 Å². The highest BCUT2D eigenvalue weighted by atomic mass is 35.5. The van der Waals surface area contributed by atoms with E-state index in [-0.39, 0.29) is 0 Å². The Kier molecular flexibility index (Phi) is 9.40. The van der Waals surface area contributed by atoms with Crippen LogP contribution in [0.4, 0.5) is 0 Å². The fourth-order valence-electron chi connectivity index (χ4n) is 2.80. The Labute approximate surface area is 168 Å². The molecule has 0 fully saturated rings. The van der Waals surface area contributed by atoms with Crippen molar-refractivity contribution >= 4 is 11.6 Å². The van der Waals surface area contributed by atoms with Crippen LogP contribution in [0.5, 0.6) is 11.6 Å². The molecule has 1 atom stereocenters. The fraction of sp³-hybridized carbons (Fsp3) is 0.545. The van der Waals surface area contributed by atoms with E-state index < -0.39 is 0 Å². The van der Waals surface area contributed by atoms with Gasteiger partial charge in [0.1, 0.15) is 10.9 Å². The quantitative estimate of drug-likeness (QED) is 0.303. The molecule has 148 valence electrons. The van der Waals surface area contributed by atoms with Gasteiger partial charge in [-0.15, -0.1) is 0 Å². The van der Waals surface area contributed by atoms with Crippen molar-refractivity contribution in [3.63, 3.8) is 0 Å². The maximum absolute atomic E-state index is 6.24. The average Bonchev–Trinajstić information content (AvgIpc) is 2.68. The Morgan fingerprint density at radius 2 is 1.78 bits per heavy atom. The largest absolute Gasteiger partial charge is 0.493 e. The lowest BCUT2D eigenvalue weighted by atomic mass is 10.0. The third-order valence-electron chi connectivity index (χ3n) is 4.56. The normalized spacial score (nSPS) is 12.0. The second-order valence-corrected chi connectivity index (χ2v) is 7.17. The highest BCUT2D eigenvalue weighted by molar-refractivity contribution is 6.29. The standard InChI is InChI=1S/C22H31ClN2O2/c1-4-7-11-17(6-3)16-27-21-15-20(23)24-22(25-21)18-12-9-10-13-19(18)26-14-8-5-2/h9-10,12-13,15,17H,4-8,11,14,16H2,1-3H3. The van der Waals surface area contributed by atoms with Crippen molar-refractivity contribution < 1.29 is 9.47 Å². The summed E-state index contributed by atoms with van der Waals surface area (Å²) in [6, 6.07) is 9.47. The number of rotatable bonds is 12. The van der Waals surface area contributed by atoms with Crippen molar-refractivity contribution in [2.24, 2.45) is 5.92 Å². The first-order valence-electron chi connectivity index (χ1n) is 10.1. The van der Waals surface area contributed by atoms with Crippen LogP contribution in [0.1, 0.15) is 59.3 Å². The van der Waals surface area contributed by atoms with E-state index in [1.807, 2.05) is 24.3 Å². The maximum Gasteiger partial charge on any atom is 0.218 e. The number of aromatic nitrogens is 2. The van der Waals surface area contributed by atoms with E-state index in [4.69, 9.17) is 21.1 Å². The van der Waals surface area contributed by atoms with Gasteiger partial charge in [-0.25, -0.2) is 4.98 Å². The highest BCUT2D eigenvalue weighted by Crippen LogP contribution is 2.30. The first-order valence-corrected chi connectivity index (χ1v) is 10.4. The van der Waals surface area contributed by atoms with E-state index in [1.165, 1.54) is 19.3 Å². The van der Waals surface area contributed by atoms with Crippen molar-refractivity contribution in [1.82, 2.24) is 9.97 Å². The van der Waals surface area contributed by atoms with Gasteiger partial charge in [0, 0.05) is 6.07 Å². The topological polar surface area (TPSA) is 44.2 Å². The summed E-state index contributed by atoms with van der Waals surface area (Å²) in [4.78, 5) is 8.97. The molecule has 0 aliphatic carbocycles. The first kappa shape index (κ1) is 21.5. The van der Waals surface area contributed by atoms with Gasteiger partial charge in [0.2, 0.25) is 5.88 Å². The number of hydrogen-bond donors (Lipinski definition) is 0. The molecule has 0 N–H and O–H groups in total. The van der Waals surface area contributed by atoms with Gasteiger partial charge in [0.05, 0.1) is 18.8 Å². The SMILES string of the molecule is CCCCOc1ccccc1-c1nc(Cl)cc(OCC(CC)CCCC)n1. The van der Waals surface area contributed by atoms with Crippen LogP contribution in [0.3, 0.4) is 0 Å². The molecule has 1 aromatic heterocycles. The molecule has 0 saturated carbocycles. The van der Waals surface area contributed by atoms with Crippen LogP contribution >= 0.6 is 11.6 Å². The lowest BCUT2D eigenvalue weighted by molar-refractivity contribution is 0.226. The van der Waals surface area contributed by atoms with Crippen LogP contribution in [0.15, 0.2) is 30.3 Å². The average molecular weight is 391 g/mol. The maximum atomic E-state index is 6.24. The molecule has 4 nitrogen and oxygen atoms in total. The van der Waals surface area contributed by atoms with Crippen LogP contribution in [-0.2, 0) is 0 Å². The molecule has 5 heteroatoms. The van der Waals surface area contributed by atoms with Crippen molar-refractivity contribution in [1.29, 1.82) is 0 Å². The lowest BCUT2D eigenvalue weighted by Crippen LogP contribution is -2.12. The predicted molar refractivity (Wildman–Crippen MR) is 112 cm³/mol. The minimum absolute atomic E-state index is 0.375. The van der Waals surface area contributed by atoms with E-state index in [0.717, 1.165) is 30.6 Å². The summed E-state index contributed by atoms with van der Waals surface area (Å²) in [5.74, 6) is 2.36. The van der Waals surface area contributed by atoms with E-state index in [0.29, 0.717) is 36.0 Å². The van der Waals surface area contributed by atoms with Gasteiger partial charge < -0.3 is 9.47 Å². The van der Waals surface area contributed by atoms with Crippen molar-refractivity contribution in [2.75, 3.05) is 13.2 Å². The van der Waals surface area contributed by atoms with Crippen molar-refractivity contribution in [3.05, 3.63) is 35.5 Å². The molecule has 0 amide bonds. The number of ether oxygens (including phenoxy) is 2. The minimum Gasteiger partial charge on any atom is -0.493 e. The Balaban J connectivity index is 2.15. The summed E-state index contributed by atoms with van der Waals surface area (Å²) in [6.07, 6.45) is 6.79. The van der Waals surface area contributed by atoms with E-state index in [9.17, 15) is 0 Å². The molecule has 2 aromatic rings. The third kappa shape index (κ3) is 7.02. The van der Waals surface area contributed by atoms with Crippen molar-refractivity contribution in [3.8, 4) is 23.0 Å². The molecule has 0 radical (unpaired) electrons. The molecule has 0 bridgehead atoms. The predicted octanol–water partition coefficient (Wildman–Crippen LogP) is 6.57. The van der Waals surface area contributed by atoms with Crippen LogP contribution in [0.25, 0.3) is 11.4 Å². The smallest absolute Gasteiger partial charge is 0.218 e. The van der Waals surface area contributed by atoms with Crippen LogP contribution in [-0.4, -0.2) is 23.2 Å². The Hall–Kier alpha value is -1.81. The van der Waals surface area contributed by atoms with E-state index >= 15 is 0 Å². The summed E-state index contributed by atoms with van der Waals surface area (Å²) in [6.45, 7) is 7.88. The second kappa shape index (κ2) is 11.8. The molecule has 0 spiro atoms. The van der Waals surface area contributed by atoms with Crippen LogP contribution in [0, 0.1) is 5.92 Å².